The first-order chi connectivity index (χ1) is 8.11. The van der Waals surface area contributed by atoms with E-state index in [1.807, 2.05) is 13.0 Å². The van der Waals surface area contributed by atoms with Gasteiger partial charge in [-0.15, -0.1) is 0 Å². The number of hydrazine groups is 1. The van der Waals surface area contributed by atoms with Crippen molar-refractivity contribution in [2.45, 2.75) is 20.4 Å². The minimum absolute atomic E-state index is 0.352. The summed E-state index contributed by atoms with van der Waals surface area (Å²) in [7, 11) is 0. The van der Waals surface area contributed by atoms with Crippen LogP contribution in [0, 0.1) is 13.8 Å². The lowest BCUT2D eigenvalue weighted by atomic mass is 10.2. The van der Waals surface area contributed by atoms with Gasteiger partial charge in [-0.25, -0.2) is 5.84 Å². The molecule has 0 aromatic carbocycles. The van der Waals surface area contributed by atoms with E-state index in [1.54, 1.807) is 23.9 Å². The molecule has 1 amide bonds. The third kappa shape index (κ3) is 2.21. The van der Waals surface area contributed by atoms with Crippen LogP contribution in [-0.2, 0) is 6.54 Å². The van der Waals surface area contributed by atoms with Gasteiger partial charge in [-0.2, -0.15) is 5.10 Å². The first kappa shape index (κ1) is 11.4. The van der Waals surface area contributed by atoms with Crippen molar-refractivity contribution in [3.63, 3.8) is 0 Å². The molecule has 17 heavy (non-hydrogen) atoms. The number of aryl methyl sites for hydroxylation is 2. The molecule has 2 aromatic heterocycles. The number of hydrogen-bond donors (Lipinski definition) is 2. The van der Waals surface area contributed by atoms with E-state index >= 15 is 0 Å². The van der Waals surface area contributed by atoms with E-state index in [1.165, 1.54) is 0 Å². The summed E-state index contributed by atoms with van der Waals surface area (Å²) in [6.45, 7) is 4.18. The Bertz CT molecular complexity index is 541. The van der Waals surface area contributed by atoms with Gasteiger partial charge < -0.3 is 4.42 Å². The van der Waals surface area contributed by atoms with Crippen LogP contribution in [0.3, 0.4) is 0 Å². The van der Waals surface area contributed by atoms with E-state index in [9.17, 15) is 4.79 Å². The quantitative estimate of drug-likeness (QED) is 0.466. The zero-order chi connectivity index (χ0) is 12.4. The van der Waals surface area contributed by atoms with Crippen molar-refractivity contribution in [2.75, 3.05) is 0 Å². The van der Waals surface area contributed by atoms with Crippen LogP contribution in [0.1, 0.15) is 27.6 Å². The minimum Gasteiger partial charge on any atom is -0.464 e. The average molecular weight is 234 g/mol. The van der Waals surface area contributed by atoms with Crippen molar-refractivity contribution < 1.29 is 9.21 Å². The number of amides is 1. The molecule has 0 bridgehead atoms. The Kier molecular flexibility index (Phi) is 2.97. The van der Waals surface area contributed by atoms with Crippen LogP contribution >= 0.6 is 0 Å². The molecule has 0 saturated heterocycles. The predicted molar refractivity (Wildman–Crippen MR) is 61.2 cm³/mol. The van der Waals surface area contributed by atoms with Crippen LogP contribution in [0.4, 0.5) is 0 Å². The van der Waals surface area contributed by atoms with Gasteiger partial charge in [-0.05, 0) is 26.0 Å². The maximum atomic E-state index is 11.4. The van der Waals surface area contributed by atoms with E-state index in [-0.39, 0.29) is 5.91 Å². The number of hydrogen-bond acceptors (Lipinski definition) is 4. The van der Waals surface area contributed by atoms with Crippen LogP contribution in [-0.4, -0.2) is 15.7 Å². The van der Waals surface area contributed by atoms with Gasteiger partial charge in [0.1, 0.15) is 11.5 Å². The molecule has 3 N–H and O–H groups in total. The number of nitrogens with one attached hydrogen (secondary N) is 1. The number of carbonyl (C=O) groups is 1. The summed E-state index contributed by atoms with van der Waals surface area (Å²) in [4.78, 5) is 11.4. The Hall–Kier alpha value is -2.08. The highest BCUT2D eigenvalue weighted by Crippen LogP contribution is 2.15. The van der Waals surface area contributed by atoms with E-state index < -0.39 is 0 Å². The van der Waals surface area contributed by atoms with Crippen LogP contribution in [0.25, 0.3) is 0 Å². The summed E-state index contributed by atoms with van der Waals surface area (Å²) < 4.78 is 7.28. The second-order valence-corrected chi connectivity index (χ2v) is 3.79. The SMILES string of the molecule is Cc1oc(Cn2nccc2C)cc1C(=O)NN. The fourth-order valence-corrected chi connectivity index (χ4v) is 1.64. The maximum Gasteiger partial charge on any atom is 0.268 e. The van der Waals surface area contributed by atoms with Gasteiger partial charge >= 0.3 is 0 Å². The normalized spacial score (nSPS) is 10.5. The molecule has 6 nitrogen and oxygen atoms in total. The summed E-state index contributed by atoms with van der Waals surface area (Å²) in [5.74, 6) is 5.95. The molecule has 0 spiro atoms. The summed E-state index contributed by atoms with van der Waals surface area (Å²) >= 11 is 0. The van der Waals surface area contributed by atoms with Crippen molar-refractivity contribution in [1.29, 1.82) is 0 Å². The molecule has 90 valence electrons. The highest BCUT2D eigenvalue weighted by Gasteiger charge is 2.14. The zero-order valence-corrected chi connectivity index (χ0v) is 9.73. The summed E-state index contributed by atoms with van der Waals surface area (Å²) in [6.07, 6.45) is 1.72. The van der Waals surface area contributed by atoms with E-state index in [4.69, 9.17) is 10.3 Å². The molecular weight excluding hydrogens is 220 g/mol. The molecule has 6 heteroatoms. The molecule has 0 fully saturated rings. The molecule has 0 saturated carbocycles. The Morgan fingerprint density at radius 3 is 2.94 bits per heavy atom. The van der Waals surface area contributed by atoms with Gasteiger partial charge in [0.2, 0.25) is 0 Å². The fourth-order valence-electron chi connectivity index (χ4n) is 1.64. The number of nitrogen functional groups attached to an aromatic ring is 1. The molecular formula is C11H14N4O2. The van der Waals surface area contributed by atoms with Gasteiger partial charge in [0.25, 0.3) is 5.91 Å². The standard InChI is InChI=1S/C11H14N4O2/c1-7-3-4-13-15(7)6-9-5-10(8(2)17-9)11(16)14-12/h3-5H,6,12H2,1-2H3,(H,14,16). The van der Waals surface area contributed by atoms with Crippen molar-refractivity contribution >= 4 is 5.91 Å². The number of furan rings is 1. The number of nitrogens with zero attached hydrogens (tertiary/aromatic N) is 2. The highest BCUT2D eigenvalue weighted by atomic mass is 16.3. The lowest BCUT2D eigenvalue weighted by molar-refractivity contribution is 0.0952. The topological polar surface area (TPSA) is 86.1 Å². The van der Waals surface area contributed by atoms with Gasteiger partial charge in [0, 0.05) is 11.9 Å². The van der Waals surface area contributed by atoms with Gasteiger partial charge in [-0.3, -0.25) is 14.9 Å². The van der Waals surface area contributed by atoms with Crippen molar-refractivity contribution in [2.24, 2.45) is 5.84 Å². The smallest absolute Gasteiger partial charge is 0.268 e. The largest absolute Gasteiger partial charge is 0.464 e. The molecule has 0 aliphatic rings. The number of rotatable bonds is 3. The summed E-state index contributed by atoms with van der Waals surface area (Å²) in [5, 5.41) is 4.15. The second-order valence-electron chi connectivity index (χ2n) is 3.79. The van der Waals surface area contributed by atoms with Crippen molar-refractivity contribution in [1.82, 2.24) is 15.2 Å². The number of carbonyl (C=O) groups excluding carboxylic acids is 1. The first-order valence-electron chi connectivity index (χ1n) is 5.20. The lowest BCUT2D eigenvalue weighted by Gasteiger charge is -2.00. The molecule has 2 aromatic rings. The summed E-state index contributed by atoms with van der Waals surface area (Å²) in [5.41, 5.74) is 3.57. The Morgan fingerprint density at radius 1 is 1.59 bits per heavy atom. The Labute approximate surface area is 98.4 Å². The molecule has 0 aliphatic heterocycles. The van der Waals surface area contributed by atoms with Gasteiger partial charge in [0.15, 0.2) is 0 Å². The van der Waals surface area contributed by atoms with Crippen LogP contribution < -0.4 is 11.3 Å². The third-order valence-electron chi connectivity index (χ3n) is 2.58. The maximum absolute atomic E-state index is 11.4. The van der Waals surface area contributed by atoms with E-state index in [0.717, 1.165) is 5.69 Å². The monoisotopic (exact) mass is 234 g/mol. The predicted octanol–water partition coefficient (Wildman–Crippen LogP) is 0.745. The van der Waals surface area contributed by atoms with Gasteiger partial charge in [0.05, 0.1) is 12.1 Å². The molecule has 0 radical (unpaired) electrons. The third-order valence-corrected chi connectivity index (χ3v) is 2.58. The molecule has 2 rings (SSSR count). The Morgan fingerprint density at radius 2 is 2.35 bits per heavy atom. The fraction of sp³-hybridized carbons (Fsp3) is 0.273. The van der Waals surface area contributed by atoms with E-state index in [0.29, 0.717) is 23.6 Å². The molecule has 2 heterocycles. The summed E-state index contributed by atoms with van der Waals surface area (Å²) in [6, 6.07) is 3.59. The van der Waals surface area contributed by atoms with Crippen molar-refractivity contribution in [3.05, 3.63) is 41.1 Å². The number of nitrogens with two attached hydrogens (primary N) is 1. The highest BCUT2D eigenvalue weighted by molar-refractivity contribution is 5.94. The molecule has 0 aliphatic carbocycles. The second kappa shape index (κ2) is 4.42. The van der Waals surface area contributed by atoms with Crippen LogP contribution in [0.5, 0.6) is 0 Å². The molecule has 0 unspecified atom stereocenters. The Balaban J connectivity index is 2.24. The number of aromatic nitrogens is 2. The minimum atomic E-state index is -0.352. The first-order valence-corrected chi connectivity index (χ1v) is 5.20. The van der Waals surface area contributed by atoms with Crippen LogP contribution in [0.2, 0.25) is 0 Å². The van der Waals surface area contributed by atoms with Gasteiger partial charge in [-0.1, -0.05) is 0 Å². The molecule has 0 atom stereocenters. The average Bonchev–Trinajstić information content (AvgIpc) is 2.86. The van der Waals surface area contributed by atoms with Crippen LogP contribution in [0.15, 0.2) is 22.7 Å². The van der Waals surface area contributed by atoms with E-state index in [2.05, 4.69) is 10.5 Å². The van der Waals surface area contributed by atoms with Crippen molar-refractivity contribution in [3.8, 4) is 0 Å². The zero-order valence-electron chi connectivity index (χ0n) is 9.73. The lowest BCUT2D eigenvalue weighted by Crippen LogP contribution is -2.30.